The van der Waals surface area contributed by atoms with Crippen molar-refractivity contribution in [1.29, 1.82) is 0 Å². The smallest absolute Gasteiger partial charge is 0.338 e. The van der Waals surface area contributed by atoms with Crippen molar-refractivity contribution in [2.45, 2.75) is 45.9 Å². The van der Waals surface area contributed by atoms with E-state index in [0.29, 0.717) is 23.5 Å². The van der Waals surface area contributed by atoms with E-state index in [1.165, 1.54) is 5.30 Å². The molecule has 0 saturated heterocycles. The fraction of sp³-hybridized carbons (Fsp3) is 0.533. The van der Waals surface area contributed by atoms with Crippen LogP contribution in [0.5, 0.6) is 0 Å². The molecule has 0 aliphatic rings. The van der Waals surface area contributed by atoms with Gasteiger partial charge in [0, 0.05) is 0 Å². The molecule has 0 radical (unpaired) electrons. The van der Waals surface area contributed by atoms with Crippen LogP contribution in [-0.2, 0) is 4.74 Å². The van der Waals surface area contributed by atoms with E-state index < -0.39 is 0 Å². The topological polar surface area (TPSA) is 26.3 Å². The molecule has 0 aliphatic carbocycles. The summed E-state index contributed by atoms with van der Waals surface area (Å²) in [6.07, 6.45) is 0. The zero-order chi connectivity index (χ0) is 13.7. The van der Waals surface area contributed by atoms with E-state index in [1.54, 1.807) is 0 Å². The van der Waals surface area contributed by atoms with Crippen molar-refractivity contribution in [2.24, 2.45) is 0 Å². The first-order valence-electron chi connectivity index (χ1n) is 6.52. The maximum absolute atomic E-state index is 11.6. The summed E-state index contributed by atoms with van der Waals surface area (Å²) in [5.41, 5.74) is 1.96. The first-order chi connectivity index (χ1) is 8.47. The lowest BCUT2D eigenvalue weighted by Crippen LogP contribution is -2.15. The van der Waals surface area contributed by atoms with Crippen LogP contribution in [0.2, 0.25) is 0 Å². The highest BCUT2D eigenvalue weighted by Gasteiger charge is 2.19. The van der Waals surface area contributed by atoms with Crippen molar-refractivity contribution < 1.29 is 9.53 Å². The maximum atomic E-state index is 11.6. The number of hydrogen-bond donors (Lipinski definition) is 0. The average molecular weight is 266 g/mol. The molecule has 0 spiro atoms. The highest BCUT2D eigenvalue weighted by Crippen LogP contribution is 2.44. The standard InChI is InChI=1S/C15H23O2P/c1-6-17-15(16)13-7-9-14(10-8-13)18(11(2)3)12(4)5/h7-12H,6H2,1-5H3. The molecule has 0 unspecified atom stereocenters. The summed E-state index contributed by atoms with van der Waals surface area (Å²) in [6.45, 7) is 11.3. The Kier molecular flexibility index (Phi) is 5.81. The maximum Gasteiger partial charge on any atom is 0.338 e. The number of benzene rings is 1. The van der Waals surface area contributed by atoms with Crippen molar-refractivity contribution >= 4 is 19.2 Å². The van der Waals surface area contributed by atoms with Crippen LogP contribution in [0.15, 0.2) is 24.3 Å². The van der Waals surface area contributed by atoms with E-state index in [4.69, 9.17) is 4.74 Å². The van der Waals surface area contributed by atoms with Crippen LogP contribution in [-0.4, -0.2) is 23.9 Å². The normalized spacial score (nSPS) is 11.3. The van der Waals surface area contributed by atoms with E-state index in [0.717, 1.165) is 0 Å². The summed E-state index contributed by atoms with van der Waals surface area (Å²) in [5.74, 6) is -0.234. The minimum atomic E-state index is -0.234. The van der Waals surface area contributed by atoms with Crippen molar-refractivity contribution in [3.63, 3.8) is 0 Å². The van der Waals surface area contributed by atoms with Gasteiger partial charge in [0.25, 0.3) is 0 Å². The van der Waals surface area contributed by atoms with Crippen LogP contribution in [0.25, 0.3) is 0 Å². The van der Waals surface area contributed by atoms with Crippen molar-refractivity contribution in [1.82, 2.24) is 0 Å². The van der Waals surface area contributed by atoms with Gasteiger partial charge in [-0.05, 0) is 35.7 Å². The summed E-state index contributed by atoms with van der Waals surface area (Å²) in [4.78, 5) is 11.6. The molecule has 1 aromatic rings. The number of ether oxygens (including phenoxy) is 1. The molecule has 1 aromatic carbocycles. The molecule has 18 heavy (non-hydrogen) atoms. The highest BCUT2D eigenvalue weighted by atomic mass is 31.1. The van der Waals surface area contributed by atoms with Gasteiger partial charge in [0.2, 0.25) is 0 Å². The molecule has 0 saturated carbocycles. The Balaban J connectivity index is 2.90. The van der Waals surface area contributed by atoms with Gasteiger partial charge in [0.05, 0.1) is 12.2 Å². The van der Waals surface area contributed by atoms with Gasteiger partial charge in [-0.2, -0.15) is 0 Å². The number of rotatable bonds is 5. The van der Waals surface area contributed by atoms with Crippen LogP contribution >= 0.6 is 7.92 Å². The molecule has 0 bridgehead atoms. The molecule has 1 rings (SSSR count). The number of carbonyl (C=O) groups is 1. The molecule has 0 aliphatic heterocycles. The van der Waals surface area contributed by atoms with Crippen LogP contribution in [0.4, 0.5) is 0 Å². The van der Waals surface area contributed by atoms with Crippen molar-refractivity contribution in [3.8, 4) is 0 Å². The zero-order valence-electron chi connectivity index (χ0n) is 11.9. The van der Waals surface area contributed by atoms with E-state index in [2.05, 4.69) is 39.8 Å². The van der Waals surface area contributed by atoms with Gasteiger partial charge in [-0.3, -0.25) is 0 Å². The number of esters is 1. The van der Waals surface area contributed by atoms with E-state index in [-0.39, 0.29) is 13.9 Å². The summed E-state index contributed by atoms with van der Waals surface area (Å²) in [7, 11) is -0.165. The van der Waals surface area contributed by atoms with Crippen LogP contribution in [0.3, 0.4) is 0 Å². The Bertz CT molecular complexity index is 374. The second kappa shape index (κ2) is 6.89. The molecule has 100 valence electrons. The van der Waals surface area contributed by atoms with Gasteiger partial charge in [-0.25, -0.2) is 4.79 Å². The monoisotopic (exact) mass is 266 g/mol. The third kappa shape index (κ3) is 3.81. The van der Waals surface area contributed by atoms with Crippen LogP contribution < -0.4 is 5.30 Å². The third-order valence-electron chi connectivity index (χ3n) is 2.79. The van der Waals surface area contributed by atoms with Gasteiger partial charge in [-0.1, -0.05) is 47.7 Å². The minimum absolute atomic E-state index is 0.165. The molecule has 0 N–H and O–H groups in total. The molecule has 0 fully saturated rings. The lowest BCUT2D eigenvalue weighted by molar-refractivity contribution is 0.0526. The highest BCUT2D eigenvalue weighted by molar-refractivity contribution is 7.66. The molecule has 2 nitrogen and oxygen atoms in total. The molecule has 0 aromatic heterocycles. The Morgan fingerprint density at radius 3 is 2.00 bits per heavy atom. The SMILES string of the molecule is CCOC(=O)c1ccc(P(C(C)C)C(C)C)cc1. The second-order valence-electron chi connectivity index (χ2n) is 4.86. The Morgan fingerprint density at radius 2 is 1.61 bits per heavy atom. The van der Waals surface area contributed by atoms with Gasteiger partial charge >= 0.3 is 5.97 Å². The zero-order valence-corrected chi connectivity index (χ0v) is 12.8. The largest absolute Gasteiger partial charge is 0.462 e. The quantitative estimate of drug-likeness (QED) is 0.598. The molecule has 0 amide bonds. The second-order valence-corrected chi connectivity index (χ2v) is 8.26. The molecular formula is C15H23O2P. The molecule has 0 atom stereocenters. The van der Waals surface area contributed by atoms with Gasteiger partial charge in [0.1, 0.15) is 0 Å². The first kappa shape index (κ1) is 15.2. The van der Waals surface area contributed by atoms with Crippen LogP contribution in [0.1, 0.15) is 45.0 Å². The fourth-order valence-electron chi connectivity index (χ4n) is 2.18. The molecule has 0 heterocycles. The van der Waals surface area contributed by atoms with Gasteiger partial charge in [0.15, 0.2) is 0 Å². The lowest BCUT2D eigenvalue weighted by atomic mass is 10.2. The summed E-state index contributed by atoms with van der Waals surface area (Å²) in [5, 5.41) is 1.36. The third-order valence-corrected chi connectivity index (χ3v) is 5.91. The summed E-state index contributed by atoms with van der Waals surface area (Å²) >= 11 is 0. The van der Waals surface area contributed by atoms with Crippen LogP contribution in [0, 0.1) is 0 Å². The van der Waals surface area contributed by atoms with Crippen molar-refractivity contribution in [3.05, 3.63) is 29.8 Å². The van der Waals surface area contributed by atoms with E-state index in [1.807, 2.05) is 19.1 Å². The summed E-state index contributed by atoms with van der Waals surface area (Å²) < 4.78 is 4.99. The Hall–Kier alpha value is -0.880. The number of carbonyl (C=O) groups excluding carboxylic acids is 1. The van der Waals surface area contributed by atoms with Gasteiger partial charge in [-0.15, -0.1) is 0 Å². The van der Waals surface area contributed by atoms with E-state index >= 15 is 0 Å². The Labute approximate surface area is 111 Å². The minimum Gasteiger partial charge on any atom is -0.462 e. The fourth-order valence-corrected chi connectivity index (χ4v) is 5.06. The van der Waals surface area contributed by atoms with E-state index in [9.17, 15) is 4.79 Å². The summed E-state index contributed by atoms with van der Waals surface area (Å²) in [6, 6.07) is 7.93. The number of hydrogen-bond acceptors (Lipinski definition) is 2. The average Bonchev–Trinajstić information content (AvgIpc) is 2.29. The molecular weight excluding hydrogens is 243 g/mol. The predicted molar refractivity (Wildman–Crippen MR) is 79.2 cm³/mol. The predicted octanol–water partition coefficient (Wildman–Crippen LogP) is 3.79. The Morgan fingerprint density at radius 1 is 1.11 bits per heavy atom. The van der Waals surface area contributed by atoms with Crippen molar-refractivity contribution in [2.75, 3.05) is 6.61 Å². The lowest BCUT2D eigenvalue weighted by Gasteiger charge is -2.26. The van der Waals surface area contributed by atoms with Gasteiger partial charge < -0.3 is 4.74 Å². The molecule has 3 heteroatoms. The first-order valence-corrected chi connectivity index (χ1v) is 8.00.